The highest BCUT2D eigenvalue weighted by molar-refractivity contribution is 14.1. The molecule has 1 fully saturated rings. The van der Waals surface area contributed by atoms with E-state index in [9.17, 15) is 0 Å². The molecular weight excluding hydrogens is 313 g/mol. The van der Waals surface area contributed by atoms with Gasteiger partial charge in [0.15, 0.2) is 0 Å². The average molecular weight is 331 g/mol. The molecule has 0 unspecified atom stereocenters. The molecule has 2 rings (SSSR count). The molecule has 1 aliphatic heterocycles. The predicted molar refractivity (Wildman–Crippen MR) is 74.9 cm³/mol. The summed E-state index contributed by atoms with van der Waals surface area (Å²) in [5, 5.41) is 0. The molecule has 1 aromatic rings. The SMILES string of the molecule is CN1CCC[C@H](COc2ccc(I)cc2)C1. The van der Waals surface area contributed by atoms with Crippen molar-refractivity contribution in [1.29, 1.82) is 0 Å². The van der Waals surface area contributed by atoms with Crippen LogP contribution in [-0.2, 0) is 0 Å². The fraction of sp³-hybridized carbons (Fsp3) is 0.538. The summed E-state index contributed by atoms with van der Waals surface area (Å²) in [5.41, 5.74) is 0. The van der Waals surface area contributed by atoms with Gasteiger partial charge in [-0.1, -0.05) is 0 Å². The van der Waals surface area contributed by atoms with E-state index in [2.05, 4.69) is 46.7 Å². The Morgan fingerprint density at radius 1 is 1.38 bits per heavy atom. The Morgan fingerprint density at radius 3 is 2.81 bits per heavy atom. The zero-order valence-corrected chi connectivity index (χ0v) is 11.8. The van der Waals surface area contributed by atoms with Crippen LogP contribution in [0.5, 0.6) is 5.75 Å². The van der Waals surface area contributed by atoms with Crippen molar-refractivity contribution in [2.24, 2.45) is 5.92 Å². The van der Waals surface area contributed by atoms with Crippen molar-refractivity contribution in [3.8, 4) is 5.75 Å². The topological polar surface area (TPSA) is 12.5 Å². The summed E-state index contributed by atoms with van der Waals surface area (Å²) in [6.07, 6.45) is 2.60. The molecule has 0 aromatic heterocycles. The third kappa shape index (κ3) is 3.63. The number of piperidine rings is 1. The summed E-state index contributed by atoms with van der Waals surface area (Å²) in [6.45, 7) is 3.26. The first-order chi connectivity index (χ1) is 7.74. The molecule has 0 bridgehead atoms. The lowest BCUT2D eigenvalue weighted by Crippen LogP contribution is -2.34. The van der Waals surface area contributed by atoms with Crippen molar-refractivity contribution in [2.75, 3.05) is 26.7 Å². The zero-order chi connectivity index (χ0) is 11.4. The molecule has 0 N–H and O–H groups in total. The molecule has 0 radical (unpaired) electrons. The Hall–Kier alpha value is -0.290. The maximum absolute atomic E-state index is 5.82. The largest absolute Gasteiger partial charge is 0.493 e. The fourth-order valence-corrected chi connectivity index (χ4v) is 2.51. The van der Waals surface area contributed by atoms with Crippen LogP contribution in [0.25, 0.3) is 0 Å². The Kier molecular flexibility index (Phi) is 4.46. The van der Waals surface area contributed by atoms with E-state index < -0.39 is 0 Å². The molecule has 1 saturated heterocycles. The Labute approximate surface area is 111 Å². The van der Waals surface area contributed by atoms with Crippen molar-refractivity contribution < 1.29 is 4.74 Å². The number of ether oxygens (including phenoxy) is 1. The molecule has 16 heavy (non-hydrogen) atoms. The second-order valence-electron chi connectivity index (χ2n) is 4.54. The molecule has 0 saturated carbocycles. The Bertz CT molecular complexity index is 325. The maximum Gasteiger partial charge on any atom is 0.119 e. The van der Waals surface area contributed by atoms with E-state index in [1.54, 1.807) is 0 Å². The van der Waals surface area contributed by atoms with E-state index in [0.29, 0.717) is 5.92 Å². The predicted octanol–water partition coefficient (Wildman–Crippen LogP) is 3.01. The van der Waals surface area contributed by atoms with Gasteiger partial charge in [0.25, 0.3) is 0 Å². The average Bonchev–Trinajstić information content (AvgIpc) is 2.28. The van der Waals surface area contributed by atoms with E-state index in [4.69, 9.17) is 4.74 Å². The number of hydrogen-bond donors (Lipinski definition) is 0. The fourth-order valence-electron chi connectivity index (χ4n) is 2.15. The summed E-state index contributed by atoms with van der Waals surface area (Å²) in [6, 6.07) is 8.27. The minimum Gasteiger partial charge on any atom is -0.493 e. The second-order valence-corrected chi connectivity index (χ2v) is 5.78. The summed E-state index contributed by atoms with van der Waals surface area (Å²) in [4.78, 5) is 2.39. The molecule has 0 amide bonds. The van der Waals surface area contributed by atoms with Crippen LogP contribution < -0.4 is 4.74 Å². The van der Waals surface area contributed by atoms with Gasteiger partial charge in [0.05, 0.1) is 6.61 Å². The number of halogens is 1. The Balaban J connectivity index is 1.80. The highest BCUT2D eigenvalue weighted by atomic mass is 127. The van der Waals surface area contributed by atoms with Gasteiger partial charge in [-0.05, 0) is 73.3 Å². The van der Waals surface area contributed by atoms with Crippen molar-refractivity contribution >= 4 is 22.6 Å². The van der Waals surface area contributed by atoms with Crippen molar-refractivity contribution in [2.45, 2.75) is 12.8 Å². The maximum atomic E-state index is 5.82. The van der Waals surface area contributed by atoms with Gasteiger partial charge in [-0.3, -0.25) is 0 Å². The zero-order valence-electron chi connectivity index (χ0n) is 9.66. The van der Waals surface area contributed by atoms with Crippen LogP contribution in [0.15, 0.2) is 24.3 Å². The van der Waals surface area contributed by atoms with E-state index in [1.807, 2.05) is 12.1 Å². The van der Waals surface area contributed by atoms with E-state index in [0.717, 1.165) is 12.4 Å². The highest BCUT2D eigenvalue weighted by Crippen LogP contribution is 2.18. The number of rotatable bonds is 3. The molecule has 0 spiro atoms. The molecule has 1 aromatic carbocycles. The van der Waals surface area contributed by atoms with E-state index >= 15 is 0 Å². The monoisotopic (exact) mass is 331 g/mol. The normalized spacial score (nSPS) is 22.0. The highest BCUT2D eigenvalue weighted by Gasteiger charge is 2.17. The lowest BCUT2D eigenvalue weighted by atomic mass is 10.00. The summed E-state index contributed by atoms with van der Waals surface area (Å²) in [7, 11) is 2.19. The first-order valence-electron chi connectivity index (χ1n) is 5.81. The molecule has 1 heterocycles. The minimum absolute atomic E-state index is 0.693. The number of hydrogen-bond acceptors (Lipinski definition) is 2. The third-order valence-corrected chi connectivity index (χ3v) is 3.74. The van der Waals surface area contributed by atoms with Crippen LogP contribution in [-0.4, -0.2) is 31.6 Å². The van der Waals surface area contributed by atoms with Gasteiger partial charge in [-0.2, -0.15) is 0 Å². The lowest BCUT2D eigenvalue weighted by Gasteiger charge is -2.29. The van der Waals surface area contributed by atoms with Gasteiger partial charge in [-0.25, -0.2) is 0 Å². The second kappa shape index (κ2) is 5.87. The molecule has 3 heteroatoms. The van der Waals surface area contributed by atoms with Gasteiger partial charge in [0.2, 0.25) is 0 Å². The number of nitrogens with zero attached hydrogens (tertiary/aromatic N) is 1. The van der Waals surface area contributed by atoms with Gasteiger partial charge in [0, 0.05) is 16.0 Å². The first-order valence-corrected chi connectivity index (χ1v) is 6.89. The lowest BCUT2D eigenvalue weighted by molar-refractivity contribution is 0.150. The van der Waals surface area contributed by atoms with Crippen LogP contribution in [0, 0.1) is 9.49 Å². The van der Waals surface area contributed by atoms with Gasteiger partial charge >= 0.3 is 0 Å². The molecule has 2 nitrogen and oxygen atoms in total. The van der Waals surface area contributed by atoms with Crippen molar-refractivity contribution in [1.82, 2.24) is 4.90 Å². The van der Waals surface area contributed by atoms with Crippen LogP contribution >= 0.6 is 22.6 Å². The molecule has 88 valence electrons. The van der Waals surface area contributed by atoms with Crippen LogP contribution in [0.1, 0.15) is 12.8 Å². The standard InChI is InChI=1S/C13H18INO/c1-15-8-2-3-11(9-15)10-16-13-6-4-12(14)5-7-13/h4-7,11H,2-3,8-10H2,1H3/t11-/m0/s1. The summed E-state index contributed by atoms with van der Waals surface area (Å²) in [5.74, 6) is 1.69. The molecule has 1 aliphatic rings. The van der Waals surface area contributed by atoms with Gasteiger partial charge in [-0.15, -0.1) is 0 Å². The smallest absolute Gasteiger partial charge is 0.119 e. The Morgan fingerprint density at radius 2 is 2.12 bits per heavy atom. The molecular formula is C13H18INO. The van der Waals surface area contributed by atoms with Crippen LogP contribution in [0.2, 0.25) is 0 Å². The van der Waals surface area contributed by atoms with Crippen LogP contribution in [0.4, 0.5) is 0 Å². The van der Waals surface area contributed by atoms with Gasteiger partial charge < -0.3 is 9.64 Å². The first kappa shape index (κ1) is 12.2. The molecule has 1 atom stereocenters. The minimum atomic E-state index is 0.693. The third-order valence-electron chi connectivity index (χ3n) is 3.02. The van der Waals surface area contributed by atoms with E-state index in [1.165, 1.54) is 29.5 Å². The van der Waals surface area contributed by atoms with Crippen molar-refractivity contribution in [3.05, 3.63) is 27.8 Å². The van der Waals surface area contributed by atoms with Crippen molar-refractivity contribution in [3.63, 3.8) is 0 Å². The van der Waals surface area contributed by atoms with Gasteiger partial charge in [0.1, 0.15) is 5.75 Å². The quantitative estimate of drug-likeness (QED) is 0.790. The number of benzene rings is 1. The molecule has 0 aliphatic carbocycles. The summed E-state index contributed by atoms with van der Waals surface area (Å²) >= 11 is 2.31. The summed E-state index contributed by atoms with van der Waals surface area (Å²) < 4.78 is 7.07. The van der Waals surface area contributed by atoms with E-state index in [-0.39, 0.29) is 0 Å². The van der Waals surface area contributed by atoms with Crippen LogP contribution in [0.3, 0.4) is 0 Å². The number of likely N-dealkylation sites (tertiary alicyclic amines) is 1.